The normalized spacial score (nSPS) is 11.6. The first-order valence-electron chi connectivity index (χ1n) is 8.29. The number of hydrogen-bond donors (Lipinski definition) is 1. The van der Waals surface area contributed by atoms with Crippen LogP contribution in [-0.2, 0) is 27.4 Å². The van der Waals surface area contributed by atoms with E-state index in [-0.39, 0.29) is 18.7 Å². The predicted molar refractivity (Wildman–Crippen MR) is 96.4 cm³/mol. The molecule has 0 aliphatic heterocycles. The number of hydrogen-bond acceptors (Lipinski definition) is 4. The van der Waals surface area contributed by atoms with Crippen LogP contribution >= 0.6 is 0 Å². The summed E-state index contributed by atoms with van der Waals surface area (Å²) in [5.74, 6) is -0.530. The molecule has 0 aliphatic rings. The molecule has 0 bridgehead atoms. The molecule has 0 heterocycles. The van der Waals surface area contributed by atoms with Gasteiger partial charge in [0.1, 0.15) is 6.04 Å². The van der Waals surface area contributed by atoms with Crippen LogP contribution in [0.2, 0.25) is 0 Å². The summed E-state index contributed by atoms with van der Waals surface area (Å²) in [7, 11) is 1.29. The van der Waals surface area contributed by atoms with Crippen molar-refractivity contribution >= 4 is 11.9 Å². The lowest BCUT2D eigenvalue weighted by atomic mass is 10.1. The van der Waals surface area contributed by atoms with Crippen LogP contribution in [0.3, 0.4) is 0 Å². The molecule has 0 fully saturated rings. The molecule has 1 amide bonds. The molecular formula is C20H24N2O3. The van der Waals surface area contributed by atoms with Crippen LogP contribution in [0.5, 0.6) is 0 Å². The van der Waals surface area contributed by atoms with E-state index in [1.165, 1.54) is 7.11 Å². The van der Waals surface area contributed by atoms with Gasteiger partial charge in [-0.05, 0) is 17.5 Å². The average Bonchev–Trinajstić information content (AvgIpc) is 2.66. The molecule has 0 radical (unpaired) electrons. The third kappa shape index (κ3) is 6.04. The summed E-state index contributed by atoms with van der Waals surface area (Å²) in [5, 5.41) is 0. The highest BCUT2D eigenvalue weighted by molar-refractivity contribution is 5.79. The number of benzene rings is 2. The molecule has 25 heavy (non-hydrogen) atoms. The number of ether oxygens (including phenoxy) is 1. The molecule has 0 saturated carbocycles. The van der Waals surface area contributed by atoms with Gasteiger partial charge in [-0.1, -0.05) is 60.7 Å². The number of methoxy groups -OCH3 is 1. The Labute approximate surface area is 148 Å². The van der Waals surface area contributed by atoms with Crippen molar-refractivity contribution in [1.82, 2.24) is 4.90 Å². The Kier molecular flexibility index (Phi) is 7.16. The van der Waals surface area contributed by atoms with Gasteiger partial charge in [0.15, 0.2) is 0 Å². The van der Waals surface area contributed by atoms with E-state index in [9.17, 15) is 9.59 Å². The number of amides is 1. The lowest BCUT2D eigenvalue weighted by molar-refractivity contribution is -0.142. The fourth-order valence-corrected chi connectivity index (χ4v) is 2.55. The molecule has 1 atom stereocenters. The number of nitrogens with two attached hydrogens (primary N) is 1. The molecule has 2 aromatic rings. The first-order chi connectivity index (χ1) is 12.1. The number of esters is 1. The fraction of sp³-hybridized carbons (Fsp3) is 0.300. The quantitative estimate of drug-likeness (QED) is 0.750. The van der Waals surface area contributed by atoms with Crippen LogP contribution in [0.4, 0.5) is 0 Å². The Balaban J connectivity index is 2.04. The molecule has 0 aromatic heterocycles. The van der Waals surface area contributed by atoms with E-state index in [0.29, 0.717) is 13.1 Å². The van der Waals surface area contributed by atoms with E-state index in [1.807, 2.05) is 60.7 Å². The van der Waals surface area contributed by atoms with Crippen molar-refractivity contribution in [2.24, 2.45) is 5.73 Å². The maximum atomic E-state index is 12.7. The summed E-state index contributed by atoms with van der Waals surface area (Å²) in [6.07, 6.45) is 0.474. The highest BCUT2D eigenvalue weighted by Crippen LogP contribution is 2.13. The SMILES string of the molecule is COC(=O)[C@@H](N)CCC(=O)N(Cc1ccccc1)Cc1ccccc1. The van der Waals surface area contributed by atoms with Gasteiger partial charge in [-0.15, -0.1) is 0 Å². The molecule has 0 unspecified atom stereocenters. The van der Waals surface area contributed by atoms with Crippen molar-refractivity contribution in [3.63, 3.8) is 0 Å². The van der Waals surface area contributed by atoms with E-state index >= 15 is 0 Å². The van der Waals surface area contributed by atoms with E-state index in [0.717, 1.165) is 11.1 Å². The molecular weight excluding hydrogens is 316 g/mol. The van der Waals surface area contributed by atoms with Crippen molar-refractivity contribution in [3.05, 3.63) is 71.8 Å². The van der Waals surface area contributed by atoms with Gasteiger partial charge in [0.25, 0.3) is 0 Å². The first-order valence-corrected chi connectivity index (χ1v) is 8.29. The van der Waals surface area contributed by atoms with Gasteiger partial charge in [-0.2, -0.15) is 0 Å². The Morgan fingerprint density at radius 1 is 0.960 bits per heavy atom. The maximum absolute atomic E-state index is 12.7. The van der Waals surface area contributed by atoms with Crippen LogP contribution in [-0.4, -0.2) is 29.9 Å². The molecule has 5 nitrogen and oxygen atoms in total. The molecule has 0 aliphatic carbocycles. The third-order valence-corrected chi connectivity index (χ3v) is 3.96. The second kappa shape index (κ2) is 9.59. The van der Waals surface area contributed by atoms with Crippen LogP contribution in [0.15, 0.2) is 60.7 Å². The molecule has 2 aromatic carbocycles. The van der Waals surface area contributed by atoms with E-state index in [4.69, 9.17) is 5.73 Å². The Morgan fingerprint density at radius 2 is 1.44 bits per heavy atom. The topological polar surface area (TPSA) is 72.6 Å². The highest BCUT2D eigenvalue weighted by Gasteiger charge is 2.19. The minimum atomic E-state index is -0.774. The smallest absolute Gasteiger partial charge is 0.322 e. The minimum Gasteiger partial charge on any atom is -0.468 e. The maximum Gasteiger partial charge on any atom is 0.322 e. The Hall–Kier alpha value is -2.66. The van der Waals surface area contributed by atoms with Crippen LogP contribution in [0.25, 0.3) is 0 Å². The standard InChI is InChI=1S/C20H24N2O3/c1-25-20(24)18(21)12-13-19(23)22(14-16-8-4-2-5-9-16)15-17-10-6-3-7-11-17/h2-11,18H,12-15,21H2,1H3/t18-/m0/s1. The van der Waals surface area contributed by atoms with E-state index in [2.05, 4.69) is 4.74 Å². The second-order valence-corrected chi connectivity index (χ2v) is 5.89. The molecule has 0 spiro atoms. The minimum absolute atomic E-state index is 0.0351. The zero-order valence-electron chi connectivity index (χ0n) is 14.4. The Morgan fingerprint density at radius 3 is 1.88 bits per heavy atom. The van der Waals surface area contributed by atoms with Gasteiger partial charge in [0.2, 0.25) is 5.91 Å². The Bertz CT molecular complexity index is 632. The third-order valence-electron chi connectivity index (χ3n) is 3.96. The second-order valence-electron chi connectivity index (χ2n) is 5.89. The summed E-state index contributed by atoms with van der Waals surface area (Å²) in [6.45, 7) is 1.03. The van der Waals surface area contributed by atoms with Crippen molar-refractivity contribution in [1.29, 1.82) is 0 Å². The molecule has 5 heteroatoms. The molecule has 2 rings (SSSR count). The van der Waals surface area contributed by atoms with Crippen LogP contribution in [0.1, 0.15) is 24.0 Å². The van der Waals surface area contributed by atoms with Crippen molar-refractivity contribution in [3.8, 4) is 0 Å². The van der Waals surface area contributed by atoms with Gasteiger partial charge in [0, 0.05) is 19.5 Å². The summed E-state index contributed by atoms with van der Waals surface area (Å²) in [5.41, 5.74) is 7.85. The largest absolute Gasteiger partial charge is 0.468 e. The van der Waals surface area contributed by atoms with Crippen molar-refractivity contribution < 1.29 is 14.3 Å². The number of rotatable bonds is 8. The highest BCUT2D eigenvalue weighted by atomic mass is 16.5. The molecule has 0 saturated heterocycles. The molecule has 132 valence electrons. The lowest BCUT2D eigenvalue weighted by Gasteiger charge is -2.23. The van der Waals surface area contributed by atoms with Crippen LogP contribution in [0, 0.1) is 0 Å². The van der Waals surface area contributed by atoms with Crippen LogP contribution < -0.4 is 5.73 Å². The summed E-state index contributed by atoms with van der Waals surface area (Å²) < 4.78 is 4.61. The number of carbonyl (C=O) groups is 2. The summed E-state index contributed by atoms with van der Waals surface area (Å²) in [4.78, 5) is 25.9. The van der Waals surface area contributed by atoms with Gasteiger partial charge in [-0.25, -0.2) is 0 Å². The first kappa shape index (κ1) is 18.7. The lowest BCUT2D eigenvalue weighted by Crippen LogP contribution is -2.35. The zero-order chi connectivity index (χ0) is 18.1. The fourth-order valence-electron chi connectivity index (χ4n) is 2.55. The van der Waals surface area contributed by atoms with Gasteiger partial charge in [0.05, 0.1) is 7.11 Å². The molecule has 2 N–H and O–H groups in total. The van der Waals surface area contributed by atoms with Gasteiger partial charge >= 0.3 is 5.97 Å². The number of carbonyl (C=O) groups excluding carboxylic acids is 2. The average molecular weight is 340 g/mol. The van der Waals surface area contributed by atoms with Gasteiger partial charge < -0.3 is 15.4 Å². The van der Waals surface area contributed by atoms with Gasteiger partial charge in [-0.3, -0.25) is 9.59 Å². The predicted octanol–water partition coefficient (Wildman–Crippen LogP) is 2.50. The summed E-state index contributed by atoms with van der Waals surface area (Å²) >= 11 is 0. The monoisotopic (exact) mass is 340 g/mol. The zero-order valence-corrected chi connectivity index (χ0v) is 14.4. The van der Waals surface area contributed by atoms with E-state index < -0.39 is 12.0 Å². The number of nitrogens with zero attached hydrogens (tertiary/aromatic N) is 1. The van der Waals surface area contributed by atoms with Crippen molar-refractivity contribution in [2.75, 3.05) is 7.11 Å². The van der Waals surface area contributed by atoms with Crippen molar-refractivity contribution in [2.45, 2.75) is 32.0 Å². The van der Waals surface area contributed by atoms with E-state index in [1.54, 1.807) is 4.90 Å². The summed E-state index contributed by atoms with van der Waals surface area (Å²) in [6, 6.07) is 18.9.